The Morgan fingerprint density at radius 1 is 1.18 bits per heavy atom. The quantitative estimate of drug-likeness (QED) is 0.665. The number of carbonyl (C=O) groups excluding carboxylic acids is 1. The maximum absolute atomic E-state index is 12.1. The van der Waals surface area contributed by atoms with Gasteiger partial charge in [0, 0.05) is 5.92 Å². The highest BCUT2D eigenvalue weighted by Gasteiger charge is 2.43. The second-order valence-corrected chi connectivity index (χ2v) is 5.69. The summed E-state index contributed by atoms with van der Waals surface area (Å²) in [4.78, 5) is 12.1. The molecule has 0 bridgehead atoms. The largest absolute Gasteiger partial charge is 0.273 e. The average Bonchev–Trinajstić information content (AvgIpc) is 3.37. The molecule has 0 spiro atoms. The van der Waals surface area contributed by atoms with Crippen molar-refractivity contribution in [2.75, 3.05) is 0 Å². The Morgan fingerprint density at radius 2 is 1.91 bits per heavy atom. The first kappa shape index (κ1) is 14.5. The molecule has 3 rings (SSSR count). The number of nitrogens with zero attached hydrogens (tertiary/aromatic N) is 1. The molecule has 22 heavy (non-hydrogen) atoms. The van der Waals surface area contributed by atoms with Gasteiger partial charge < -0.3 is 0 Å². The monoisotopic (exact) mass is 292 g/mol. The molecule has 0 aliphatic heterocycles. The number of carbonyl (C=O) groups is 1. The minimum atomic E-state index is 0.00952. The van der Waals surface area contributed by atoms with E-state index in [2.05, 4.69) is 41.7 Å². The van der Waals surface area contributed by atoms with Crippen LogP contribution in [0.2, 0.25) is 0 Å². The van der Waals surface area contributed by atoms with Crippen LogP contribution in [0.15, 0.2) is 59.7 Å². The minimum Gasteiger partial charge on any atom is -0.273 e. The molecule has 0 radical (unpaired) electrons. The lowest BCUT2D eigenvalue weighted by Crippen LogP contribution is -2.20. The van der Waals surface area contributed by atoms with E-state index in [9.17, 15) is 4.79 Å². The maximum Gasteiger partial charge on any atom is 0.243 e. The lowest BCUT2D eigenvalue weighted by atomic mass is 10.1. The number of benzene rings is 2. The number of hydrazone groups is 1. The predicted molar refractivity (Wildman–Crippen MR) is 88.8 cm³/mol. The molecule has 1 saturated carbocycles. The molecule has 2 aromatic rings. The van der Waals surface area contributed by atoms with Gasteiger partial charge in [-0.05, 0) is 35.4 Å². The molecule has 2 atom stereocenters. The molecule has 2 unspecified atom stereocenters. The van der Waals surface area contributed by atoms with Crippen LogP contribution >= 0.6 is 0 Å². The fraction of sp³-hybridized carbons (Fsp3) is 0.263. The van der Waals surface area contributed by atoms with E-state index in [1.165, 1.54) is 11.1 Å². The van der Waals surface area contributed by atoms with Gasteiger partial charge in [0.15, 0.2) is 0 Å². The second-order valence-electron chi connectivity index (χ2n) is 5.69. The molecular formula is C19H20N2O. The van der Waals surface area contributed by atoms with Gasteiger partial charge in [-0.1, -0.05) is 61.5 Å². The summed E-state index contributed by atoms with van der Waals surface area (Å²) in [5, 5.41) is 4.06. The molecule has 3 nitrogen and oxygen atoms in total. The number of aryl methyl sites for hydroxylation is 1. The predicted octanol–water partition coefficient (Wildman–Crippen LogP) is 3.50. The number of rotatable bonds is 5. The fourth-order valence-corrected chi connectivity index (χ4v) is 2.65. The van der Waals surface area contributed by atoms with Crippen LogP contribution < -0.4 is 5.43 Å². The van der Waals surface area contributed by atoms with Crippen LogP contribution in [0.1, 0.15) is 36.0 Å². The van der Waals surface area contributed by atoms with Gasteiger partial charge >= 0.3 is 0 Å². The number of nitrogens with one attached hydrogen (secondary N) is 1. The Kier molecular flexibility index (Phi) is 4.33. The Labute approximate surface area is 131 Å². The van der Waals surface area contributed by atoms with Gasteiger partial charge in [-0.3, -0.25) is 4.79 Å². The highest BCUT2D eigenvalue weighted by Crippen LogP contribution is 2.47. The lowest BCUT2D eigenvalue weighted by molar-refractivity contribution is -0.122. The van der Waals surface area contributed by atoms with Gasteiger partial charge in [-0.2, -0.15) is 5.10 Å². The molecule has 3 heteroatoms. The zero-order valence-corrected chi connectivity index (χ0v) is 12.7. The van der Waals surface area contributed by atoms with Crippen molar-refractivity contribution in [2.24, 2.45) is 11.0 Å². The standard InChI is InChI=1S/C19H20N2O/c1-2-14-8-10-15(11-9-14)13-20-21-19(22)18-12-17(18)16-6-4-3-5-7-16/h3-11,13,17-18H,2,12H2,1H3,(H,21,22)/b20-13+. The summed E-state index contributed by atoms with van der Waals surface area (Å²) in [7, 11) is 0. The molecule has 0 saturated heterocycles. The van der Waals surface area contributed by atoms with Gasteiger partial charge in [0.2, 0.25) is 5.91 Å². The third-order valence-electron chi connectivity index (χ3n) is 4.13. The van der Waals surface area contributed by atoms with E-state index < -0.39 is 0 Å². The van der Waals surface area contributed by atoms with Crippen LogP contribution in [0.5, 0.6) is 0 Å². The van der Waals surface area contributed by atoms with Crippen molar-refractivity contribution in [1.82, 2.24) is 5.43 Å². The molecule has 2 aromatic carbocycles. The van der Waals surface area contributed by atoms with Crippen LogP contribution in [-0.4, -0.2) is 12.1 Å². The van der Waals surface area contributed by atoms with Crippen molar-refractivity contribution >= 4 is 12.1 Å². The summed E-state index contributed by atoms with van der Waals surface area (Å²) >= 11 is 0. The van der Waals surface area contributed by atoms with Crippen molar-refractivity contribution in [2.45, 2.75) is 25.7 Å². The van der Waals surface area contributed by atoms with Crippen LogP contribution in [0, 0.1) is 5.92 Å². The highest BCUT2D eigenvalue weighted by atomic mass is 16.2. The molecule has 1 fully saturated rings. The fourth-order valence-electron chi connectivity index (χ4n) is 2.65. The second kappa shape index (κ2) is 6.56. The van der Waals surface area contributed by atoms with E-state index in [1.54, 1.807) is 6.21 Å². The van der Waals surface area contributed by atoms with Crippen molar-refractivity contribution in [1.29, 1.82) is 0 Å². The summed E-state index contributed by atoms with van der Waals surface area (Å²) in [6, 6.07) is 18.4. The smallest absolute Gasteiger partial charge is 0.243 e. The van der Waals surface area contributed by atoms with Crippen molar-refractivity contribution in [3.63, 3.8) is 0 Å². The molecule has 0 heterocycles. The number of amides is 1. The molecule has 1 aliphatic rings. The summed E-state index contributed by atoms with van der Waals surface area (Å²) in [6.45, 7) is 2.13. The summed E-state index contributed by atoms with van der Waals surface area (Å²) < 4.78 is 0. The topological polar surface area (TPSA) is 41.5 Å². The van der Waals surface area contributed by atoms with Crippen molar-refractivity contribution in [3.05, 3.63) is 71.3 Å². The van der Waals surface area contributed by atoms with Crippen LogP contribution in [0.3, 0.4) is 0 Å². The molecular weight excluding hydrogens is 272 g/mol. The van der Waals surface area contributed by atoms with E-state index in [4.69, 9.17) is 0 Å². The lowest BCUT2D eigenvalue weighted by Gasteiger charge is -2.00. The first-order chi connectivity index (χ1) is 10.8. The highest BCUT2D eigenvalue weighted by molar-refractivity contribution is 5.85. The zero-order chi connectivity index (χ0) is 15.4. The van der Waals surface area contributed by atoms with E-state index in [0.29, 0.717) is 5.92 Å². The average molecular weight is 292 g/mol. The van der Waals surface area contributed by atoms with Gasteiger partial charge in [0.25, 0.3) is 0 Å². The molecule has 1 N–H and O–H groups in total. The normalized spacial score (nSPS) is 20.0. The summed E-state index contributed by atoms with van der Waals surface area (Å²) in [5.41, 5.74) is 6.18. The Balaban J connectivity index is 1.51. The van der Waals surface area contributed by atoms with Crippen molar-refractivity contribution < 1.29 is 4.79 Å². The van der Waals surface area contributed by atoms with E-state index in [1.807, 2.05) is 30.3 Å². The summed E-state index contributed by atoms with van der Waals surface area (Å²) in [5.74, 6) is 0.414. The third kappa shape index (κ3) is 3.42. The van der Waals surface area contributed by atoms with E-state index >= 15 is 0 Å². The van der Waals surface area contributed by atoms with Gasteiger partial charge in [-0.25, -0.2) is 5.43 Å². The SMILES string of the molecule is CCc1ccc(/C=N/NC(=O)C2CC2c2ccccc2)cc1. The first-order valence-corrected chi connectivity index (χ1v) is 7.74. The van der Waals surface area contributed by atoms with Gasteiger partial charge in [0.05, 0.1) is 6.21 Å². The van der Waals surface area contributed by atoms with Crippen molar-refractivity contribution in [3.8, 4) is 0 Å². The van der Waals surface area contributed by atoms with E-state index in [0.717, 1.165) is 18.4 Å². The first-order valence-electron chi connectivity index (χ1n) is 7.74. The molecule has 1 aliphatic carbocycles. The van der Waals surface area contributed by atoms with Crippen LogP contribution in [-0.2, 0) is 11.2 Å². The summed E-state index contributed by atoms with van der Waals surface area (Å²) in [6.07, 6.45) is 3.63. The Morgan fingerprint density at radius 3 is 2.59 bits per heavy atom. The molecule has 0 aromatic heterocycles. The zero-order valence-electron chi connectivity index (χ0n) is 12.7. The maximum atomic E-state index is 12.1. The van der Waals surface area contributed by atoms with E-state index in [-0.39, 0.29) is 11.8 Å². The number of hydrogen-bond donors (Lipinski definition) is 1. The van der Waals surface area contributed by atoms with Gasteiger partial charge in [0.1, 0.15) is 0 Å². The van der Waals surface area contributed by atoms with Crippen LogP contribution in [0.25, 0.3) is 0 Å². The minimum absolute atomic E-state index is 0.00952. The number of hydrogen-bond acceptors (Lipinski definition) is 2. The van der Waals surface area contributed by atoms with Gasteiger partial charge in [-0.15, -0.1) is 0 Å². The Hall–Kier alpha value is -2.42. The third-order valence-corrected chi connectivity index (χ3v) is 4.13. The Bertz CT molecular complexity index is 662. The van der Waals surface area contributed by atoms with Crippen LogP contribution in [0.4, 0.5) is 0 Å². The molecule has 112 valence electrons. The molecule has 1 amide bonds.